The zero-order valence-corrected chi connectivity index (χ0v) is 22.8. The van der Waals surface area contributed by atoms with Gasteiger partial charge in [0.05, 0.1) is 39.8 Å². The highest BCUT2D eigenvalue weighted by Crippen LogP contribution is 2.28. The molecule has 0 spiro atoms. The number of morpholine rings is 2. The molecule has 38 heavy (non-hydrogen) atoms. The van der Waals surface area contributed by atoms with Crippen LogP contribution in [0.2, 0.25) is 0 Å². The molecule has 0 atom stereocenters. The largest absolute Gasteiger partial charge is 0.493 e. The van der Waals surface area contributed by atoms with E-state index >= 15 is 0 Å². The molecule has 2 aromatic carbocycles. The topological polar surface area (TPSA) is 106 Å². The average molecular weight is 584 g/mol. The summed E-state index contributed by atoms with van der Waals surface area (Å²) in [5.41, 5.74) is 4.87. The predicted molar refractivity (Wildman–Crippen MR) is 149 cm³/mol. The van der Waals surface area contributed by atoms with Crippen LogP contribution in [0, 0.1) is 0 Å². The van der Waals surface area contributed by atoms with Gasteiger partial charge in [0.1, 0.15) is 6.61 Å². The summed E-state index contributed by atoms with van der Waals surface area (Å²) in [5, 5.41) is 4.38. The van der Waals surface area contributed by atoms with Crippen LogP contribution in [0.25, 0.3) is 0 Å². The Morgan fingerprint density at radius 2 is 1.53 bits per heavy atom. The lowest BCUT2D eigenvalue weighted by Gasteiger charge is -2.30. The maximum Gasteiger partial charge on any atom is 0.250 e. The second kappa shape index (κ2) is 12.9. The van der Waals surface area contributed by atoms with Crippen LogP contribution in [0.5, 0.6) is 11.5 Å². The van der Waals surface area contributed by atoms with Crippen LogP contribution < -0.4 is 24.7 Å². The first-order valence-corrected chi connectivity index (χ1v) is 13.2. The van der Waals surface area contributed by atoms with Crippen molar-refractivity contribution in [3.63, 3.8) is 0 Å². The number of ether oxygens (including phenoxy) is 4. The zero-order valence-electron chi connectivity index (χ0n) is 21.2. The summed E-state index contributed by atoms with van der Waals surface area (Å²) in [6.45, 7) is 5.92. The molecule has 0 unspecified atom stereocenters. The third-order valence-electron chi connectivity index (χ3n) is 6.07. The molecule has 0 amide bonds. The normalized spacial score (nSPS) is 16.1. The standard InChI is InChI=1S/C26H30BrN7O4/c1-35-23-16-20(4-7-22(23)38-18-19-2-5-21(27)6-3-19)17-28-32-24-29-25(33-8-12-36-13-9-33)31-26(30-24)34-10-14-37-15-11-34/h2-7,16-17H,8-15,18H2,1H3,(H,29,30,31,32)/b28-17-. The molecule has 0 radical (unpaired) electrons. The number of nitrogens with one attached hydrogen (secondary N) is 1. The van der Waals surface area contributed by atoms with Crippen molar-refractivity contribution in [1.29, 1.82) is 0 Å². The van der Waals surface area contributed by atoms with Crippen LogP contribution in [0.4, 0.5) is 17.8 Å². The smallest absolute Gasteiger partial charge is 0.250 e. The van der Waals surface area contributed by atoms with Gasteiger partial charge in [0.25, 0.3) is 0 Å². The molecule has 3 heterocycles. The van der Waals surface area contributed by atoms with Crippen LogP contribution in [-0.4, -0.2) is 80.9 Å². The number of anilines is 3. The van der Waals surface area contributed by atoms with Gasteiger partial charge in [-0.1, -0.05) is 28.1 Å². The van der Waals surface area contributed by atoms with E-state index in [4.69, 9.17) is 23.9 Å². The Labute approximate surface area is 229 Å². The molecule has 0 saturated carbocycles. The van der Waals surface area contributed by atoms with Crippen LogP contribution in [0.3, 0.4) is 0 Å². The Morgan fingerprint density at radius 1 is 0.895 bits per heavy atom. The first-order valence-electron chi connectivity index (χ1n) is 12.4. The second-order valence-electron chi connectivity index (χ2n) is 8.65. The molecular weight excluding hydrogens is 554 g/mol. The van der Waals surface area contributed by atoms with Crippen molar-refractivity contribution in [2.24, 2.45) is 5.10 Å². The summed E-state index contributed by atoms with van der Waals surface area (Å²) in [7, 11) is 1.62. The Balaban J connectivity index is 1.28. The highest BCUT2D eigenvalue weighted by atomic mass is 79.9. The molecule has 2 fully saturated rings. The molecule has 11 nitrogen and oxygen atoms in total. The van der Waals surface area contributed by atoms with Crippen molar-refractivity contribution in [2.45, 2.75) is 6.61 Å². The van der Waals surface area contributed by atoms with E-state index in [1.807, 2.05) is 42.5 Å². The summed E-state index contributed by atoms with van der Waals surface area (Å²) in [6, 6.07) is 13.7. The van der Waals surface area contributed by atoms with Gasteiger partial charge in [-0.05, 0) is 41.5 Å². The van der Waals surface area contributed by atoms with E-state index in [1.54, 1.807) is 13.3 Å². The van der Waals surface area contributed by atoms with Crippen molar-refractivity contribution in [3.05, 3.63) is 58.1 Å². The van der Waals surface area contributed by atoms with Gasteiger partial charge in [0.2, 0.25) is 17.8 Å². The Bertz CT molecular complexity index is 1200. The second-order valence-corrected chi connectivity index (χ2v) is 9.57. The van der Waals surface area contributed by atoms with E-state index in [0.717, 1.165) is 41.8 Å². The molecule has 200 valence electrons. The average Bonchev–Trinajstić information content (AvgIpc) is 2.98. The highest BCUT2D eigenvalue weighted by molar-refractivity contribution is 9.10. The summed E-state index contributed by atoms with van der Waals surface area (Å²) in [4.78, 5) is 18.1. The van der Waals surface area contributed by atoms with Crippen LogP contribution in [0.1, 0.15) is 11.1 Å². The molecule has 2 aliphatic heterocycles. The molecule has 0 aliphatic carbocycles. The first-order chi connectivity index (χ1) is 18.7. The van der Waals surface area contributed by atoms with Gasteiger partial charge >= 0.3 is 0 Å². The third kappa shape index (κ3) is 6.88. The molecular formula is C26H30BrN7O4. The van der Waals surface area contributed by atoms with E-state index < -0.39 is 0 Å². The predicted octanol–water partition coefficient (Wildman–Crippen LogP) is 3.34. The van der Waals surface area contributed by atoms with Crippen molar-refractivity contribution < 1.29 is 18.9 Å². The van der Waals surface area contributed by atoms with E-state index in [2.05, 4.69) is 46.2 Å². The third-order valence-corrected chi connectivity index (χ3v) is 6.60. The summed E-state index contributed by atoms with van der Waals surface area (Å²) >= 11 is 3.45. The Morgan fingerprint density at radius 3 is 2.13 bits per heavy atom. The minimum atomic E-state index is 0.376. The number of benzene rings is 2. The summed E-state index contributed by atoms with van der Waals surface area (Å²) in [5.74, 6) is 2.87. The van der Waals surface area contributed by atoms with Crippen molar-refractivity contribution >= 4 is 40.0 Å². The lowest BCUT2D eigenvalue weighted by molar-refractivity contribution is 0.121. The fourth-order valence-corrected chi connectivity index (χ4v) is 4.27. The van der Waals surface area contributed by atoms with Gasteiger partial charge in [-0.2, -0.15) is 20.1 Å². The molecule has 5 rings (SSSR count). The minimum Gasteiger partial charge on any atom is -0.493 e. The maximum atomic E-state index is 5.97. The van der Waals surface area contributed by atoms with Crippen molar-refractivity contribution in [1.82, 2.24) is 15.0 Å². The van der Waals surface area contributed by atoms with E-state index in [1.165, 1.54) is 0 Å². The number of hydrogen-bond acceptors (Lipinski definition) is 11. The monoisotopic (exact) mass is 583 g/mol. The van der Waals surface area contributed by atoms with Gasteiger partial charge in [0.15, 0.2) is 11.5 Å². The number of nitrogens with zero attached hydrogens (tertiary/aromatic N) is 6. The Kier molecular flexibility index (Phi) is 8.84. The number of methoxy groups -OCH3 is 1. The SMILES string of the molecule is COc1cc(/C=N\Nc2nc(N3CCOCC3)nc(N3CCOCC3)n2)ccc1OCc1ccc(Br)cc1. The van der Waals surface area contributed by atoms with Gasteiger partial charge in [-0.3, -0.25) is 0 Å². The first kappa shape index (κ1) is 26.1. The van der Waals surface area contributed by atoms with Gasteiger partial charge in [-0.15, -0.1) is 0 Å². The molecule has 0 bridgehead atoms. The zero-order chi connectivity index (χ0) is 26.2. The Hall–Kier alpha value is -3.48. The molecule has 12 heteroatoms. The molecule has 1 N–H and O–H groups in total. The van der Waals surface area contributed by atoms with Gasteiger partial charge in [0, 0.05) is 30.7 Å². The number of halogens is 1. The molecule has 2 saturated heterocycles. The minimum absolute atomic E-state index is 0.376. The fourth-order valence-electron chi connectivity index (χ4n) is 4.00. The van der Waals surface area contributed by atoms with Crippen LogP contribution >= 0.6 is 15.9 Å². The van der Waals surface area contributed by atoms with Crippen LogP contribution in [-0.2, 0) is 16.1 Å². The number of aromatic nitrogens is 3. The van der Waals surface area contributed by atoms with E-state index in [-0.39, 0.29) is 0 Å². The quantitative estimate of drug-likeness (QED) is 0.297. The lowest BCUT2D eigenvalue weighted by atomic mass is 10.2. The molecule has 3 aromatic rings. The lowest BCUT2D eigenvalue weighted by Crippen LogP contribution is -2.40. The summed E-state index contributed by atoms with van der Waals surface area (Å²) < 4.78 is 23.5. The van der Waals surface area contributed by atoms with Crippen molar-refractivity contribution in [2.75, 3.05) is 74.9 Å². The molecule has 2 aliphatic rings. The number of rotatable bonds is 9. The van der Waals surface area contributed by atoms with E-state index in [0.29, 0.717) is 62.4 Å². The van der Waals surface area contributed by atoms with Crippen LogP contribution in [0.15, 0.2) is 52.0 Å². The van der Waals surface area contributed by atoms with Crippen molar-refractivity contribution in [3.8, 4) is 11.5 Å². The molecule has 1 aromatic heterocycles. The fraction of sp³-hybridized carbons (Fsp3) is 0.385. The number of hydrazone groups is 1. The van der Waals surface area contributed by atoms with E-state index in [9.17, 15) is 0 Å². The highest BCUT2D eigenvalue weighted by Gasteiger charge is 2.20. The van der Waals surface area contributed by atoms with Gasteiger partial charge in [-0.25, -0.2) is 5.43 Å². The summed E-state index contributed by atoms with van der Waals surface area (Å²) in [6.07, 6.45) is 1.69. The number of hydrogen-bond donors (Lipinski definition) is 1. The van der Waals surface area contributed by atoms with Gasteiger partial charge < -0.3 is 28.7 Å². The maximum absolute atomic E-state index is 5.97.